The summed E-state index contributed by atoms with van der Waals surface area (Å²) < 4.78 is 0. The number of likely N-dealkylation sites (tertiary alicyclic amines) is 1. The van der Waals surface area contributed by atoms with E-state index in [2.05, 4.69) is 11.2 Å². The zero-order valence-corrected chi connectivity index (χ0v) is 9.66. The second kappa shape index (κ2) is 6.16. The molecule has 0 radical (unpaired) electrons. The molecule has 0 aromatic heterocycles. The van der Waals surface area contributed by atoms with Gasteiger partial charge in [-0.1, -0.05) is 6.92 Å². The lowest BCUT2D eigenvalue weighted by Crippen LogP contribution is -2.42. The van der Waals surface area contributed by atoms with Crippen LogP contribution in [-0.2, 0) is 9.59 Å². The maximum atomic E-state index is 11.6. The molecule has 1 rings (SSSR count). The first kappa shape index (κ1) is 12.6. The van der Waals surface area contributed by atoms with Gasteiger partial charge in [0.2, 0.25) is 11.8 Å². The van der Waals surface area contributed by atoms with Crippen molar-refractivity contribution in [2.75, 3.05) is 13.1 Å². The van der Waals surface area contributed by atoms with E-state index in [0.717, 1.165) is 12.8 Å². The fourth-order valence-corrected chi connectivity index (χ4v) is 1.76. The van der Waals surface area contributed by atoms with Gasteiger partial charge in [0.15, 0.2) is 0 Å². The molecule has 2 amide bonds. The van der Waals surface area contributed by atoms with Crippen LogP contribution in [0.1, 0.15) is 32.6 Å². The Kier molecular flexibility index (Phi) is 4.84. The van der Waals surface area contributed by atoms with Gasteiger partial charge in [-0.15, -0.1) is 12.3 Å². The molecule has 4 heteroatoms. The molecule has 1 atom stereocenters. The van der Waals surface area contributed by atoms with Crippen molar-refractivity contribution >= 4 is 11.8 Å². The van der Waals surface area contributed by atoms with Crippen molar-refractivity contribution in [2.24, 2.45) is 0 Å². The van der Waals surface area contributed by atoms with Gasteiger partial charge in [0.05, 0.1) is 6.54 Å². The molecule has 1 aliphatic heterocycles. The predicted molar refractivity (Wildman–Crippen MR) is 61.5 cm³/mol. The number of rotatable bonds is 5. The maximum Gasteiger partial charge on any atom is 0.239 e. The van der Waals surface area contributed by atoms with Crippen LogP contribution in [0.3, 0.4) is 0 Å². The summed E-state index contributed by atoms with van der Waals surface area (Å²) in [6.07, 6.45) is 7.97. The van der Waals surface area contributed by atoms with Crippen molar-refractivity contribution in [1.82, 2.24) is 10.2 Å². The number of nitrogens with one attached hydrogen (secondary N) is 1. The quantitative estimate of drug-likeness (QED) is 0.690. The lowest BCUT2D eigenvalue weighted by atomic mass is 10.1. The van der Waals surface area contributed by atoms with Crippen molar-refractivity contribution in [3.63, 3.8) is 0 Å². The minimum atomic E-state index is -0.114. The minimum absolute atomic E-state index is 0.0233. The Labute approximate surface area is 96.4 Å². The number of nitrogens with zero attached hydrogens (tertiary/aromatic N) is 1. The van der Waals surface area contributed by atoms with Gasteiger partial charge in [-0.2, -0.15) is 0 Å². The first-order chi connectivity index (χ1) is 7.67. The van der Waals surface area contributed by atoms with E-state index >= 15 is 0 Å². The van der Waals surface area contributed by atoms with Crippen LogP contribution in [0.4, 0.5) is 0 Å². The average Bonchev–Trinajstić information content (AvgIpc) is 2.64. The summed E-state index contributed by atoms with van der Waals surface area (Å²) in [7, 11) is 0. The van der Waals surface area contributed by atoms with Crippen molar-refractivity contribution in [3.8, 4) is 12.3 Å². The van der Waals surface area contributed by atoms with E-state index in [-0.39, 0.29) is 24.4 Å². The van der Waals surface area contributed by atoms with Crippen LogP contribution < -0.4 is 5.32 Å². The van der Waals surface area contributed by atoms with E-state index in [1.165, 1.54) is 0 Å². The highest BCUT2D eigenvalue weighted by molar-refractivity contribution is 5.85. The largest absolute Gasteiger partial charge is 0.351 e. The van der Waals surface area contributed by atoms with Gasteiger partial charge >= 0.3 is 0 Å². The number of hydrogen-bond acceptors (Lipinski definition) is 2. The Morgan fingerprint density at radius 3 is 2.94 bits per heavy atom. The van der Waals surface area contributed by atoms with Crippen LogP contribution in [0, 0.1) is 12.3 Å². The maximum absolute atomic E-state index is 11.6. The molecule has 1 fully saturated rings. The van der Waals surface area contributed by atoms with Crippen LogP contribution in [0.2, 0.25) is 0 Å². The van der Waals surface area contributed by atoms with E-state index < -0.39 is 0 Å². The van der Waals surface area contributed by atoms with Crippen molar-refractivity contribution < 1.29 is 9.59 Å². The van der Waals surface area contributed by atoms with Crippen LogP contribution in [0.5, 0.6) is 0 Å². The van der Waals surface area contributed by atoms with E-state index in [9.17, 15) is 9.59 Å². The van der Waals surface area contributed by atoms with E-state index in [4.69, 9.17) is 6.42 Å². The molecule has 0 bridgehead atoms. The molecule has 1 N–H and O–H groups in total. The highest BCUT2D eigenvalue weighted by atomic mass is 16.2. The van der Waals surface area contributed by atoms with Gasteiger partial charge in [0.25, 0.3) is 0 Å². The summed E-state index contributed by atoms with van der Waals surface area (Å²) in [5, 5.41) is 2.84. The van der Waals surface area contributed by atoms with E-state index in [1.807, 2.05) is 6.92 Å². The second-order valence-electron chi connectivity index (χ2n) is 4.00. The molecular formula is C12H18N2O2. The molecule has 1 heterocycles. The molecule has 4 nitrogen and oxygen atoms in total. The van der Waals surface area contributed by atoms with Crippen molar-refractivity contribution in [1.29, 1.82) is 0 Å². The third-order valence-corrected chi connectivity index (χ3v) is 2.73. The van der Waals surface area contributed by atoms with Crippen LogP contribution >= 0.6 is 0 Å². The zero-order chi connectivity index (χ0) is 12.0. The first-order valence-electron chi connectivity index (χ1n) is 5.68. The Bertz CT molecular complexity index is 307. The predicted octanol–water partition coefficient (Wildman–Crippen LogP) is 0.527. The van der Waals surface area contributed by atoms with Crippen LogP contribution in [0.15, 0.2) is 0 Å². The summed E-state index contributed by atoms with van der Waals surface area (Å²) >= 11 is 0. The number of carbonyl (C=O) groups is 2. The average molecular weight is 222 g/mol. The van der Waals surface area contributed by atoms with Crippen molar-refractivity contribution in [3.05, 3.63) is 0 Å². The summed E-state index contributed by atoms with van der Waals surface area (Å²) in [5.41, 5.74) is 0. The summed E-state index contributed by atoms with van der Waals surface area (Å²) in [4.78, 5) is 24.5. The molecule has 1 aliphatic rings. The summed E-state index contributed by atoms with van der Waals surface area (Å²) in [6.45, 7) is 2.83. The standard InChI is InChI=1S/C12H18N2O2/c1-3-6-10(4-2)13-11(15)9-14-8-5-7-12(14)16/h1,10H,4-9H2,2H3,(H,13,15). The first-order valence-corrected chi connectivity index (χ1v) is 5.68. The lowest BCUT2D eigenvalue weighted by Gasteiger charge is -2.18. The summed E-state index contributed by atoms with van der Waals surface area (Å²) in [6, 6.07) is 0.0233. The molecule has 0 aromatic carbocycles. The van der Waals surface area contributed by atoms with Crippen molar-refractivity contribution in [2.45, 2.75) is 38.6 Å². The van der Waals surface area contributed by atoms with E-state index in [1.54, 1.807) is 4.90 Å². The smallest absolute Gasteiger partial charge is 0.239 e. The molecule has 1 saturated heterocycles. The van der Waals surface area contributed by atoms with Gasteiger partial charge in [-0.05, 0) is 12.8 Å². The third kappa shape index (κ3) is 3.58. The summed E-state index contributed by atoms with van der Waals surface area (Å²) in [5.74, 6) is 2.49. The molecule has 16 heavy (non-hydrogen) atoms. The van der Waals surface area contributed by atoms with Crippen LogP contribution in [-0.4, -0.2) is 35.8 Å². The molecule has 88 valence electrons. The molecule has 0 aliphatic carbocycles. The lowest BCUT2D eigenvalue weighted by molar-refractivity contribution is -0.133. The van der Waals surface area contributed by atoms with Gasteiger partial charge in [0.1, 0.15) is 0 Å². The normalized spacial score (nSPS) is 17.0. The molecule has 0 saturated carbocycles. The Hall–Kier alpha value is -1.50. The highest BCUT2D eigenvalue weighted by Gasteiger charge is 2.22. The fourth-order valence-electron chi connectivity index (χ4n) is 1.76. The minimum Gasteiger partial charge on any atom is -0.351 e. The Morgan fingerprint density at radius 2 is 2.44 bits per heavy atom. The highest BCUT2D eigenvalue weighted by Crippen LogP contribution is 2.08. The fraction of sp³-hybridized carbons (Fsp3) is 0.667. The monoisotopic (exact) mass is 222 g/mol. The second-order valence-corrected chi connectivity index (χ2v) is 4.00. The van der Waals surface area contributed by atoms with E-state index in [0.29, 0.717) is 19.4 Å². The van der Waals surface area contributed by atoms with Gasteiger partial charge in [-0.3, -0.25) is 9.59 Å². The zero-order valence-electron chi connectivity index (χ0n) is 9.66. The molecule has 0 spiro atoms. The van der Waals surface area contributed by atoms with Gasteiger partial charge in [-0.25, -0.2) is 0 Å². The van der Waals surface area contributed by atoms with Gasteiger partial charge < -0.3 is 10.2 Å². The number of hydrogen-bond donors (Lipinski definition) is 1. The number of carbonyl (C=O) groups excluding carboxylic acids is 2. The molecule has 1 unspecified atom stereocenters. The topological polar surface area (TPSA) is 49.4 Å². The Balaban J connectivity index is 2.35. The third-order valence-electron chi connectivity index (χ3n) is 2.73. The van der Waals surface area contributed by atoms with Crippen LogP contribution in [0.25, 0.3) is 0 Å². The molecule has 0 aromatic rings. The molecular weight excluding hydrogens is 204 g/mol. The SMILES string of the molecule is C#CCC(CC)NC(=O)CN1CCCC1=O. The number of amides is 2. The van der Waals surface area contributed by atoms with Gasteiger partial charge in [0, 0.05) is 25.4 Å². The number of terminal acetylenes is 1. The Morgan fingerprint density at radius 1 is 1.69 bits per heavy atom.